The van der Waals surface area contributed by atoms with E-state index in [-0.39, 0.29) is 63.3 Å². The van der Waals surface area contributed by atoms with E-state index in [0.29, 0.717) is 11.4 Å². The van der Waals surface area contributed by atoms with Crippen LogP contribution < -0.4 is 25.2 Å². The molecule has 1 unspecified atom stereocenters. The summed E-state index contributed by atoms with van der Waals surface area (Å²) >= 11 is 7.15. The number of nitrogens with zero attached hydrogens (tertiary/aromatic N) is 5. The van der Waals surface area contributed by atoms with Crippen LogP contribution in [-0.4, -0.2) is 107 Å². The molecule has 3 N–H and O–H groups in total. The SMILES string of the molecule is Cc1ncsc1-c1ccc(CNC(=O)[C@@H]2C[C@@H](O)CN2C(=O)C(NC(=O)COCC#CCOCCOc2ccc(N3C(=S)N(c4ccc(C#N)c(C(F)(F)F)c4)C(=O)C3(C)C)cc2)C(C)(C)C)cc1. The Morgan fingerprint density at radius 1 is 1.00 bits per heavy atom. The number of thiazole rings is 1. The predicted molar refractivity (Wildman–Crippen MR) is 256 cm³/mol. The second-order valence-electron chi connectivity index (χ2n) is 17.8. The van der Waals surface area contributed by atoms with Crippen LogP contribution in [0.5, 0.6) is 5.75 Å². The Hall–Kier alpha value is -6.42. The molecule has 4 amide bonds. The number of anilines is 2. The molecule has 69 heavy (non-hydrogen) atoms. The number of hydrogen-bond donors (Lipinski definition) is 3. The van der Waals surface area contributed by atoms with E-state index >= 15 is 0 Å². The van der Waals surface area contributed by atoms with Gasteiger partial charge in [0.15, 0.2) is 5.11 Å². The van der Waals surface area contributed by atoms with E-state index < -0.39 is 70.1 Å². The van der Waals surface area contributed by atoms with E-state index in [1.807, 2.05) is 31.2 Å². The molecule has 1 aromatic heterocycles. The average Bonchev–Trinajstić information content (AvgIpc) is 3.97. The van der Waals surface area contributed by atoms with Gasteiger partial charge in [0.05, 0.1) is 51.7 Å². The van der Waals surface area contributed by atoms with Crippen LogP contribution in [-0.2, 0) is 41.4 Å². The zero-order valence-corrected chi connectivity index (χ0v) is 40.4. The number of aryl methyl sites for hydroxylation is 1. The van der Waals surface area contributed by atoms with Crippen LogP contribution in [0, 0.1) is 35.5 Å². The van der Waals surface area contributed by atoms with Crippen LogP contribution >= 0.6 is 23.6 Å². The fourth-order valence-corrected chi connectivity index (χ4v) is 9.11. The number of nitrogens with one attached hydrogen (secondary N) is 2. The normalized spacial score (nSPS) is 17.3. The molecule has 364 valence electrons. The second kappa shape index (κ2) is 21.9. The van der Waals surface area contributed by atoms with E-state index in [9.17, 15) is 42.7 Å². The number of carbonyl (C=O) groups is 4. The number of amides is 4. The van der Waals surface area contributed by atoms with Gasteiger partial charge in [-0.3, -0.25) is 24.1 Å². The largest absolute Gasteiger partial charge is 0.491 e. The van der Waals surface area contributed by atoms with Crippen molar-refractivity contribution < 1.29 is 51.7 Å². The molecule has 2 fully saturated rings. The Labute approximate surface area is 407 Å². The van der Waals surface area contributed by atoms with Gasteiger partial charge in [0.2, 0.25) is 17.7 Å². The second-order valence-corrected chi connectivity index (χ2v) is 19.1. The van der Waals surface area contributed by atoms with Crippen LogP contribution in [0.1, 0.15) is 63.4 Å². The lowest BCUT2D eigenvalue weighted by Gasteiger charge is -2.35. The fraction of sp³-hybridized carbons (Fsp3) is 0.408. The summed E-state index contributed by atoms with van der Waals surface area (Å²) in [6, 6.07) is 17.0. The van der Waals surface area contributed by atoms with Crippen molar-refractivity contribution in [3.63, 3.8) is 0 Å². The Kier molecular flexibility index (Phi) is 16.5. The van der Waals surface area contributed by atoms with Gasteiger partial charge in [-0.2, -0.15) is 18.4 Å². The first-order chi connectivity index (χ1) is 32.6. The number of rotatable bonds is 16. The number of aliphatic hydroxyl groups is 1. The van der Waals surface area contributed by atoms with E-state index in [0.717, 1.165) is 38.7 Å². The van der Waals surface area contributed by atoms with Crippen molar-refractivity contribution in [2.24, 2.45) is 5.41 Å². The van der Waals surface area contributed by atoms with E-state index in [1.54, 1.807) is 75.7 Å². The number of aromatic nitrogens is 1. The monoisotopic (exact) mass is 987 g/mol. The summed E-state index contributed by atoms with van der Waals surface area (Å²) in [7, 11) is 0. The lowest BCUT2D eigenvalue weighted by atomic mass is 9.85. The van der Waals surface area contributed by atoms with Gasteiger partial charge in [-0.1, -0.05) is 56.9 Å². The molecule has 2 aliphatic rings. The number of aliphatic hydroxyl groups excluding tert-OH is 1. The van der Waals surface area contributed by atoms with Crippen molar-refractivity contribution in [3.05, 3.63) is 94.6 Å². The molecule has 15 nitrogen and oxygen atoms in total. The van der Waals surface area contributed by atoms with Crippen LogP contribution in [0.3, 0.4) is 0 Å². The summed E-state index contributed by atoms with van der Waals surface area (Å²) in [4.78, 5) is 63.1. The van der Waals surface area contributed by atoms with Crippen molar-refractivity contribution in [1.29, 1.82) is 5.26 Å². The molecule has 3 heterocycles. The first-order valence-corrected chi connectivity index (χ1v) is 23.1. The summed E-state index contributed by atoms with van der Waals surface area (Å²) in [6.07, 6.45) is -5.66. The molecule has 6 rings (SSSR count). The quantitative estimate of drug-likeness (QED) is 0.0662. The third-order valence-electron chi connectivity index (χ3n) is 11.4. The minimum absolute atomic E-state index is 0.0321. The highest BCUT2D eigenvalue weighted by atomic mass is 32.1. The van der Waals surface area contributed by atoms with Gasteiger partial charge in [-0.25, -0.2) is 4.98 Å². The maximum absolute atomic E-state index is 13.9. The number of likely N-dealkylation sites (tertiary alicyclic amines) is 1. The van der Waals surface area contributed by atoms with Gasteiger partial charge in [0.1, 0.15) is 49.8 Å². The summed E-state index contributed by atoms with van der Waals surface area (Å²) in [5, 5.41) is 25.3. The third-order valence-corrected chi connectivity index (χ3v) is 12.7. The van der Waals surface area contributed by atoms with Gasteiger partial charge in [0.25, 0.3) is 5.91 Å². The van der Waals surface area contributed by atoms with Crippen molar-refractivity contribution >= 4 is 63.7 Å². The maximum atomic E-state index is 13.9. The molecule has 0 bridgehead atoms. The number of alkyl halides is 3. The molecule has 3 atom stereocenters. The van der Waals surface area contributed by atoms with E-state index in [4.69, 9.17) is 26.4 Å². The Morgan fingerprint density at radius 3 is 2.29 bits per heavy atom. The number of nitriles is 1. The van der Waals surface area contributed by atoms with Crippen LogP contribution in [0.4, 0.5) is 24.5 Å². The van der Waals surface area contributed by atoms with Crippen molar-refractivity contribution in [2.45, 2.75) is 84.4 Å². The van der Waals surface area contributed by atoms with Crippen LogP contribution in [0.15, 0.2) is 72.2 Å². The summed E-state index contributed by atoms with van der Waals surface area (Å²) in [6.45, 7) is 10.6. The van der Waals surface area contributed by atoms with Gasteiger partial charge in [-0.05, 0) is 92.0 Å². The standard InChI is InChI=1S/C49H52F3N7O8S2/c1-30-41(69-29-55-30)32-11-9-31(10-12-32)26-54-43(62)39-24-36(60)27-57(39)44(63)42(47(2,3)4)56-40(61)28-66-20-8-7-19-65-21-22-67-37-17-15-34(16-18-37)59-46(68)58(45(64)48(59,5)6)35-14-13-33(25-53)38(23-35)49(50,51)52/h9-18,23,29,36,39,42,60H,19-22,24,26-28H2,1-6H3,(H,54,62)(H,56,61)/t36-,39+,42?/m1/s1. The molecule has 0 radical (unpaired) electrons. The van der Waals surface area contributed by atoms with Crippen molar-refractivity contribution in [2.75, 3.05) is 49.4 Å². The number of carbonyl (C=O) groups excluding carboxylic acids is 4. The van der Waals surface area contributed by atoms with Crippen molar-refractivity contribution in [3.8, 4) is 34.1 Å². The van der Waals surface area contributed by atoms with Crippen LogP contribution in [0.25, 0.3) is 10.4 Å². The lowest BCUT2D eigenvalue weighted by molar-refractivity contribution is -0.144. The first kappa shape index (κ1) is 52.0. The molecule has 2 saturated heterocycles. The summed E-state index contributed by atoms with van der Waals surface area (Å²) < 4.78 is 57.8. The number of benzene rings is 3. The highest BCUT2D eigenvalue weighted by Gasteiger charge is 2.51. The number of β-amino-alcohol motifs (C(OH)–C–C–N with tert-alkyl or cyclic N) is 1. The number of hydrogen-bond acceptors (Lipinski definition) is 12. The number of thiocarbonyl (C=S) groups is 1. The zero-order valence-electron chi connectivity index (χ0n) is 38.8. The first-order valence-electron chi connectivity index (χ1n) is 21.8. The molecule has 4 aromatic rings. The molecule has 0 aliphatic carbocycles. The highest BCUT2D eigenvalue weighted by molar-refractivity contribution is 7.81. The molecule has 0 saturated carbocycles. The molecule has 3 aromatic carbocycles. The highest BCUT2D eigenvalue weighted by Crippen LogP contribution is 2.40. The minimum atomic E-state index is -4.81. The van der Waals surface area contributed by atoms with Crippen LogP contribution in [0.2, 0.25) is 0 Å². The zero-order chi connectivity index (χ0) is 50.3. The fourth-order valence-electron chi connectivity index (χ4n) is 7.77. The topological polar surface area (TPSA) is 187 Å². The third kappa shape index (κ3) is 12.4. The molecule has 20 heteroatoms. The summed E-state index contributed by atoms with van der Waals surface area (Å²) in [5.74, 6) is 4.02. The molecular formula is C49H52F3N7O8S2. The number of ether oxygens (including phenoxy) is 3. The smallest absolute Gasteiger partial charge is 0.417 e. The minimum Gasteiger partial charge on any atom is -0.491 e. The number of halogens is 3. The Balaban J connectivity index is 0.908. The molecular weight excluding hydrogens is 936 g/mol. The lowest BCUT2D eigenvalue weighted by Crippen LogP contribution is -2.58. The maximum Gasteiger partial charge on any atom is 0.417 e. The Morgan fingerprint density at radius 2 is 1.67 bits per heavy atom. The van der Waals surface area contributed by atoms with Crippen molar-refractivity contribution in [1.82, 2.24) is 20.5 Å². The summed E-state index contributed by atoms with van der Waals surface area (Å²) in [5.41, 5.74) is 1.28. The van der Waals surface area contributed by atoms with Gasteiger partial charge in [0, 0.05) is 25.2 Å². The Bertz CT molecular complexity index is 2650. The average molecular weight is 988 g/mol. The molecule has 2 aliphatic heterocycles. The van der Waals surface area contributed by atoms with Gasteiger partial charge < -0.3 is 39.8 Å². The van der Waals surface area contributed by atoms with E-state index in [1.165, 1.54) is 21.9 Å². The van der Waals surface area contributed by atoms with Gasteiger partial charge >= 0.3 is 6.18 Å². The van der Waals surface area contributed by atoms with Gasteiger partial charge in [-0.15, -0.1) is 11.3 Å². The molecule has 0 spiro atoms. The van der Waals surface area contributed by atoms with E-state index in [2.05, 4.69) is 27.5 Å². The predicted octanol–water partition coefficient (Wildman–Crippen LogP) is 6.15.